The van der Waals surface area contributed by atoms with Gasteiger partial charge < -0.3 is 15.0 Å². The summed E-state index contributed by atoms with van der Waals surface area (Å²) >= 11 is 5.99. The van der Waals surface area contributed by atoms with E-state index in [0.29, 0.717) is 16.5 Å². The average molecular weight is 238 g/mol. The number of hydrogen-bond donors (Lipinski definition) is 1. The Labute approximate surface area is 98.6 Å². The molecule has 0 amide bonds. The third-order valence-corrected chi connectivity index (χ3v) is 2.71. The van der Waals surface area contributed by atoms with Gasteiger partial charge in [0.25, 0.3) is 0 Å². The summed E-state index contributed by atoms with van der Waals surface area (Å²) < 4.78 is 7.16. The van der Waals surface area contributed by atoms with E-state index in [1.54, 1.807) is 25.4 Å². The van der Waals surface area contributed by atoms with Gasteiger partial charge >= 0.3 is 0 Å². The molecule has 84 valence electrons. The highest BCUT2D eigenvalue weighted by molar-refractivity contribution is 6.33. The molecule has 1 heterocycles. The molecule has 0 radical (unpaired) electrons. The molecule has 2 N–H and O–H groups in total. The third-order valence-electron chi connectivity index (χ3n) is 2.38. The van der Waals surface area contributed by atoms with Crippen molar-refractivity contribution in [3.8, 4) is 17.1 Å². The van der Waals surface area contributed by atoms with Crippen molar-refractivity contribution in [2.45, 2.75) is 0 Å². The molecular formula is C11H12ClN3O. The number of nitrogens with two attached hydrogens (primary N) is 1. The minimum Gasteiger partial charge on any atom is -0.496 e. The summed E-state index contributed by atoms with van der Waals surface area (Å²) in [5.41, 5.74) is 7.04. The number of anilines is 1. The van der Waals surface area contributed by atoms with Crippen LogP contribution in [0, 0.1) is 0 Å². The Kier molecular flexibility index (Phi) is 2.75. The molecule has 16 heavy (non-hydrogen) atoms. The average Bonchev–Trinajstić information content (AvgIpc) is 2.68. The topological polar surface area (TPSA) is 53.1 Å². The van der Waals surface area contributed by atoms with E-state index in [1.807, 2.05) is 17.8 Å². The van der Waals surface area contributed by atoms with Crippen molar-refractivity contribution in [1.82, 2.24) is 9.55 Å². The van der Waals surface area contributed by atoms with Crippen molar-refractivity contribution in [3.05, 3.63) is 29.5 Å². The first-order valence-corrected chi connectivity index (χ1v) is 5.12. The molecule has 1 aromatic heterocycles. The zero-order valence-corrected chi connectivity index (χ0v) is 9.82. The fraction of sp³-hybridized carbons (Fsp3) is 0.182. The number of benzene rings is 1. The second-order valence-electron chi connectivity index (χ2n) is 3.44. The Morgan fingerprint density at radius 1 is 1.44 bits per heavy atom. The highest BCUT2D eigenvalue weighted by Gasteiger charge is 2.12. The summed E-state index contributed by atoms with van der Waals surface area (Å²) in [7, 11) is 3.50. The van der Waals surface area contributed by atoms with Gasteiger partial charge in [-0.3, -0.25) is 0 Å². The Bertz CT molecular complexity index is 522. The monoisotopic (exact) mass is 237 g/mol. The smallest absolute Gasteiger partial charge is 0.143 e. The van der Waals surface area contributed by atoms with Gasteiger partial charge in [-0.1, -0.05) is 11.6 Å². The minimum absolute atomic E-state index is 0.497. The van der Waals surface area contributed by atoms with Crippen molar-refractivity contribution in [3.63, 3.8) is 0 Å². The largest absolute Gasteiger partial charge is 0.496 e. The number of methoxy groups -OCH3 is 1. The molecule has 0 aliphatic carbocycles. The maximum Gasteiger partial charge on any atom is 0.143 e. The molecule has 2 rings (SSSR count). The SMILES string of the molecule is COc1cc(N)c(Cl)cc1-c1nccn1C. The Hall–Kier alpha value is -1.68. The van der Waals surface area contributed by atoms with Gasteiger partial charge in [0.1, 0.15) is 11.6 Å². The zero-order chi connectivity index (χ0) is 11.7. The molecule has 4 nitrogen and oxygen atoms in total. The lowest BCUT2D eigenvalue weighted by Crippen LogP contribution is -1.97. The number of aryl methyl sites for hydroxylation is 1. The summed E-state index contributed by atoms with van der Waals surface area (Å²) in [6.07, 6.45) is 3.58. The molecule has 0 saturated heterocycles. The fourth-order valence-corrected chi connectivity index (χ4v) is 1.70. The second kappa shape index (κ2) is 4.06. The van der Waals surface area contributed by atoms with Crippen LogP contribution in [0.15, 0.2) is 24.5 Å². The maximum atomic E-state index is 5.99. The van der Waals surface area contributed by atoms with E-state index in [4.69, 9.17) is 22.1 Å². The number of ether oxygens (including phenoxy) is 1. The molecule has 0 spiro atoms. The van der Waals surface area contributed by atoms with Gasteiger partial charge in [0, 0.05) is 25.5 Å². The van der Waals surface area contributed by atoms with E-state index < -0.39 is 0 Å². The first-order valence-electron chi connectivity index (χ1n) is 4.74. The van der Waals surface area contributed by atoms with Crippen LogP contribution < -0.4 is 10.5 Å². The van der Waals surface area contributed by atoms with Crippen LogP contribution in [-0.2, 0) is 7.05 Å². The summed E-state index contributed by atoms with van der Waals surface area (Å²) in [6.45, 7) is 0. The normalized spacial score (nSPS) is 10.4. The summed E-state index contributed by atoms with van der Waals surface area (Å²) in [6, 6.07) is 3.46. The number of imidazole rings is 1. The number of halogens is 1. The van der Waals surface area contributed by atoms with Crippen LogP contribution in [0.3, 0.4) is 0 Å². The molecular weight excluding hydrogens is 226 g/mol. The second-order valence-corrected chi connectivity index (χ2v) is 3.84. The van der Waals surface area contributed by atoms with Crippen molar-refractivity contribution >= 4 is 17.3 Å². The van der Waals surface area contributed by atoms with E-state index in [2.05, 4.69) is 4.98 Å². The van der Waals surface area contributed by atoms with E-state index >= 15 is 0 Å². The molecule has 0 aliphatic rings. The number of hydrogen-bond acceptors (Lipinski definition) is 3. The van der Waals surface area contributed by atoms with Crippen molar-refractivity contribution in [2.75, 3.05) is 12.8 Å². The molecule has 0 bridgehead atoms. The lowest BCUT2D eigenvalue weighted by molar-refractivity contribution is 0.416. The van der Waals surface area contributed by atoms with Gasteiger partial charge in [0.05, 0.1) is 23.4 Å². The standard InChI is InChI=1S/C11H12ClN3O/c1-15-4-3-14-11(15)7-5-8(12)9(13)6-10(7)16-2/h3-6H,13H2,1-2H3. The van der Waals surface area contributed by atoms with Gasteiger partial charge in [-0.05, 0) is 6.07 Å². The van der Waals surface area contributed by atoms with E-state index in [0.717, 1.165) is 11.4 Å². The predicted molar refractivity (Wildman–Crippen MR) is 64.6 cm³/mol. The molecule has 0 unspecified atom stereocenters. The van der Waals surface area contributed by atoms with E-state index in [1.165, 1.54) is 0 Å². The molecule has 5 heteroatoms. The Morgan fingerprint density at radius 2 is 2.19 bits per heavy atom. The maximum absolute atomic E-state index is 5.99. The van der Waals surface area contributed by atoms with Gasteiger partial charge in [-0.25, -0.2) is 4.98 Å². The third kappa shape index (κ3) is 1.72. The van der Waals surface area contributed by atoms with Gasteiger partial charge in [0.2, 0.25) is 0 Å². The van der Waals surface area contributed by atoms with Crippen LogP contribution in [0.4, 0.5) is 5.69 Å². The van der Waals surface area contributed by atoms with Crippen LogP contribution in [-0.4, -0.2) is 16.7 Å². The zero-order valence-electron chi connectivity index (χ0n) is 9.07. The van der Waals surface area contributed by atoms with Crippen LogP contribution in [0.1, 0.15) is 0 Å². The van der Waals surface area contributed by atoms with Crippen LogP contribution in [0.5, 0.6) is 5.75 Å². The molecule has 0 fully saturated rings. The van der Waals surface area contributed by atoms with E-state index in [-0.39, 0.29) is 0 Å². The number of nitrogen functional groups attached to an aromatic ring is 1. The predicted octanol–water partition coefficient (Wildman–Crippen LogP) is 2.33. The lowest BCUT2D eigenvalue weighted by atomic mass is 10.1. The van der Waals surface area contributed by atoms with Gasteiger partial charge in [-0.2, -0.15) is 0 Å². The molecule has 1 aromatic carbocycles. The lowest BCUT2D eigenvalue weighted by Gasteiger charge is -2.10. The molecule has 0 aliphatic heterocycles. The number of aromatic nitrogens is 2. The highest BCUT2D eigenvalue weighted by Crippen LogP contribution is 2.34. The minimum atomic E-state index is 0.497. The quantitative estimate of drug-likeness (QED) is 0.816. The first-order chi connectivity index (χ1) is 7.63. The van der Waals surface area contributed by atoms with Crippen LogP contribution in [0.25, 0.3) is 11.4 Å². The molecule has 2 aromatic rings. The van der Waals surface area contributed by atoms with Crippen molar-refractivity contribution in [2.24, 2.45) is 7.05 Å². The fourth-order valence-electron chi connectivity index (χ4n) is 1.54. The highest BCUT2D eigenvalue weighted by atomic mass is 35.5. The summed E-state index contributed by atoms with van der Waals surface area (Å²) in [5, 5.41) is 0.499. The van der Waals surface area contributed by atoms with Gasteiger partial charge in [0.15, 0.2) is 0 Å². The van der Waals surface area contributed by atoms with E-state index in [9.17, 15) is 0 Å². The Balaban J connectivity index is 2.64. The molecule has 0 atom stereocenters. The van der Waals surface area contributed by atoms with Crippen molar-refractivity contribution < 1.29 is 4.74 Å². The van der Waals surface area contributed by atoms with Crippen molar-refractivity contribution in [1.29, 1.82) is 0 Å². The number of rotatable bonds is 2. The molecule has 0 saturated carbocycles. The van der Waals surface area contributed by atoms with Crippen LogP contribution >= 0.6 is 11.6 Å². The van der Waals surface area contributed by atoms with Crippen LogP contribution in [0.2, 0.25) is 5.02 Å². The first kappa shape index (κ1) is 10.8. The number of nitrogens with zero attached hydrogens (tertiary/aromatic N) is 2. The Morgan fingerprint density at radius 3 is 2.75 bits per heavy atom. The summed E-state index contributed by atoms with van der Waals surface area (Å²) in [5.74, 6) is 1.45. The van der Waals surface area contributed by atoms with Gasteiger partial charge in [-0.15, -0.1) is 0 Å². The summed E-state index contributed by atoms with van der Waals surface area (Å²) in [4.78, 5) is 4.25.